The average molecular weight is 178 g/mol. The minimum atomic E-state index is -1.02. The van der Waals surface area contributed by atoms with E-state index in [0.717, 1.165) is 12.0 Å². The van der Waals surface area contributed by atoms with Crippen LogP contribution in [0.3, 0.4) is 0 Å². The number of rotatable bonds is 1. The van der Waals surface area contributed by atoms with Crippen molar-refractivity contribution in [3.8, 4) is 0 Å². The van der Waals surface area contributed by atoms with E-state index in [9.17, 15) is 4.79 Å². The molecular formula is C7H12ClNO2. The molecule has 4 heteroatoms. The maximum atomic E-state index is 10.5. The lowest BCUT2D eigenvalue weighted by Gasteiger charge is -2.15. The normalized spacial score (nSPS) is 29.7. The van der Waals surface area contributed by atoms with Gasteiger partial charge in [-0.2, -0.15) is 0 Å². The maximum absolute atomic E-state index is 10.5. The van der Waals surface area contributed by atoms with Gasteiger partial charge in [0.1, 0.15) is 5.54 Å². The molecule has 1 atom stereocenters. The molecule has 11 heavy (non-hydrogen) atoms. The molecular weight excluding hydrogens is 166 g/mol. The van der Waals surface area contributed by atoms with Gasteiger partial charge in [0.05, 0.1) is 0 Å². The lowest BCUT2D eigenvalue weighted by molar-refractivity contribution is -0.142. The Bertz CT molecular complexity index is 193. The van der Waals surface area contributed by atoms with Crippen molar-refractivity contribution in [3.63, 3.8) is 0 Å². The second-order valence-corrected chi connectivity index (χ2v) is 2.89. The largest absolute Gasteiger partial charge is 0.480 e. The fourth-order valence-corrected chi connectivity index (χ4v) is 1.21. The number of nitrogens with two attached hydrogens (primary N) is 1. The molecule has 64 valence electrons. The molecule has 0 radical (unpaired) electrons. The van der Waals surface area contributed by atoms with Crippen LogP contribution in [-0.2, 0) is 4.79 Å². The Labute approximate surface area is 71.7 Å². The summed E-state index contributed by atoms with van der Waals surface area (Å²) in [6.45, 7) is 3.69. The van der Waals surface area contributed by atoms with Crippen molar-refractivity contribution in [3.05, 3.63) is 12.2 Å². The number of halogens is 1. The zero-order chi connectivity index (χ0) is 7.78. The van der Waals surface area contributed by atoms with Gasteiger partial charge in [0.2, 0.25) is 0 Å². The first-order valence-electron chi connectivity index (χ1n) is 3.23. The van der Waals surface area contributed by atoms with Gasteiger partial charge in [-0.05, 0) is 19.3 Å². The molecule has 1 unspecified atom stereocenters. The second-order valence-electron chi connectivity index (χ2n) is 2.89. The summed E-state index contributed by atoms with van der Waals surface area (Å²) in [4.78, 5) is 10.5. The topological polar surface area (TPSA) is 63.3 Å². The van der Waals surface area contributed by atoms with E-state index in [1.54, 1.807) is 0 Å². The Kier molecular flexibility index (Phi) is 3.08. The van der Waals surface area contributed by atoms with Gasteiger partial charge in [-0.15, -0.1) is 12.4 Å². The molecule has 1 rings (SSSR count). The van der Waals surface area contributed by atoms with E-state index in [1.807, 2.05) is 0 Å². The molecule has 0 aromatic carbocycles. The quantitative estimate of drug-likeness (QED) is 0.586. The second kappa shape index (κ2) is 3.24. The van der Waals surface area contributed by atoms with Gasteiger partial charge in [0.15, 0.2) is 0 Å². The van der Waals surface area contributed by atoms with E-state index in [1.165, 1.54) is 0 Å². The number of carboxylic acids is 1. The molecule has 3 N–H and O–H groups in total. The smallest absolute Gasteiger partial charge is 0.324 e. The first kappa shape index (κ1) is 10.5. The van der Waals surface area contributed by atoms with Crippen molar-refractivity contribution < 1.29 is 9.90 Å². The first-order valence-corrected chi connectivity index (χ1v) is 3.23. The lowest BCUT2D eigenvalue weighted by atomic mass is 10.00. The van der Waals surface area contributed by atoms with Crippen LogP contribution in [0.5, 0.6) is 0 Å². The zero-order valence-electron chi connectivity index (χ0n) is 6.17. The third-order valence-corrected chi connectivity index (χ3v) is 1.92. The van der Waals surface area contributed by atoms with Crippen LogP contribution in [0, 0.1) is 0 Å². The van der Waals surface area contributed by atoms with Crippen LogP contribution >= 0.6 is 12.4 Å². The number of carbonyl (C=O) groups is 1. The predicted molar refractivity (Wildman–Crippen MR) is 44.8 cm³/mol. The Morgan fingerprint density at radius 3 is 2.45 bits per heavy atom. The molecule has 1 fully saturated rings. The molecule has 0 aromatic rings. The molecule has 0 spiro atoms. The van der Waals surface area contributed by atoms with E-state index in [-0.39, 0.29) is 12.4 Å². The maximum Gasteiger partial charge on any atom is 0.324 e. The standard InChI is InChI=1S/C7H11NO2.ClH/c1-5-2-3-7(8,4-5)6(9)10;/h1-4,8H2,(H,9,10);1H. The molecule has 0 aromatic heterocycles. The van der Waals surface area contributed by atoms with E-state index in [2.05, 4.69) is 6.58 Å². The minimum absolute atomic E-state index is 0. The highest BCUT2D eigenvalue weighted by atomic mass is 35.5. The summed E-state index contributed by atoms with van der Waals surface area (Å²) >= 11 is 0. The van der Waals surface area contributed by atoms with E-state index in [0.29, 0.717) is 12.8 Å². The summed E-state index contributed by atoms with van der Waals surface area (Å²) in [5, 5.41) is 8.62. The van der Waals surface area contributed by atoms with Gasteiger partial charge in [-0.1, -0.05) is 12.2 Å². The molecule has 3 nitrogen and oxygen atoms in total. The zero-order valence-corrected chi connectivity index (χ0v) is 6.99. The Balaban J connectivity index is 0.000001000. The highest BCUT2D eigenvalue weighted by molar-refractivity contribution is 5.85. The van der Waals surface area contributed by atoms with Gasteiger partial charge in [0, 0.05) is 0 Å². The van der Waals surface area contributed by atoms with Crippen molar-refractivity contribution >= 4 is 18.4 Å². The SMILES string of the molecule is C=C1CCC(N)(C(=O)O)C1.Cl. The Morgan fingerprint density at radius 2 is 2.27 bits per heavy atom. The van der Waals surface area contributed by atoms with Crippen LogP contribution < -0.4 is 5.73 Å². The molecule has 1 aliphatic rings. The molecule has 1 saturated carbocycles. The molecule has 0 amide bonds. The Hall–Kier alpha value is -0.540. The van der Waals surface area contributed by atoms with E-state index < -0.39 is 11.5 Å². The monoisotopic (exact) mass is 177 g/mol. The fourth-order valence-electron chi connectivity index (χ4n) is 1.21. The van der Waals surface area contributed by atoms with Gasteiger partial charge < -0.3 is 10.8 Å². The summed E-state index contributed by atoms with van der Waals surface area (Å²) in [5.74, 6) is -0.911. The number of aliphatic carboxylic acids is 1. The number of hydrogen-bond acceptors (Lipinski definition) is 2. The molecule has 0 heterocycles. The first-order chi connectivity index (χ1) is 4.54. The van der Waals surface area contributed by atoms with Crippen molar-refractivity contribution in [2.24, 2.45) is 5.73 Å². The van der Waals surface area contributed by atoms with Crippen LogP contribution in [0.15, 0.2) is 12.2 Å². The van der Waals surface area contributed by atoms with Crippen LogP contribution in [-0.4, -0.2) is 16.6 Å². The lowest BCUT2D eigenvalue weighted by Crippen LogP contribution is -2.45. The van der Waals surface area contributed by atoms with Crippen LogP contribution in [0.2, 0.25) is 0 Å². The summed E-state index contributed by atoms with van der Waals surface area (Å²) in [6, 6.07) is 0. The molecule has 0 saturated heterocycles. The van der Waals surface area contributed by atoms with Crippen LogP contribution in [0.4, 0.5) is 0 Å². The molecule has 0 bridgehead atoms. The summed E-state index contributed by atoms with van der Waals surface area (Å²) < 4.78 is 0. The van der Waals surface area contributed by atoms with Gasteiger partial charge in [-0.3, -0.25) is 4.79 Å². The van der Waals surface area contributed by atoms with E-state index >= 15 is 0 Å². The molecule has 1 aliphatic carbocycles. The van der Waals surface area contributed by atoms with Crippen molar-refractivity contribution in [2.75, 3.05) is 0 Å². The van der Waals surface area contributed by atoms with Crippen molar-refractivity contribution in [2.45, 2.75) is 24.8 Å². The van der Waals surface area contributed by atoms with E-state index in [4.69, 9.17) is 10.8 Å². The highest BCUT2D eigenvalue weighted by Crippen LogP contribution is 2.30. The number of carboxylic acid groups (broad SMARTS) is 1. The minimum Gasteiger partial charge on any atom is -0.480 e. The third kappa shape index (κ3) is 1.94. The van der Waals surface area contributed by atoms with Crippen LogP contribution in [0.25, 0.3) is 0 Å². The van der Waals surface area contributed by atoms with Gasteiger partial charge in [0.25, 0.3) is 0 Å². The summed E-state index contributed by atoms with van der Waals surface area (Å²) in [6.07, 6.45) is 1.71. The van der Waals surface area contributed by atoms with Crippen molar-refractivity contribution in [1.29, 1.82) is 0 Å². The predicted octanol–water partition coefficient (Wildman–Crippen LogP) is 0.930. The van der Waals surface area contributed by atoms with Crippen molar-refractivity contribution in [1.82, 2.24) is 0 Å². The number of hydrogen-bond donors (Lipinski definition) is 2. The highest BCUT2D eigenvalue weighted by Gasteiger charge is 2.38. The average Bonchev–Trinajstić information content (AvgIpc) is 2.13. The summed E-state index contributed by atoms with van der Waals surface area (Å²) in [5.41, 5.74) is 5.46. The third-order valence-electron chi connectivity index (χ3n) is 1.92. The Morgan fingerprint density at radius 1 is 1.73 bits per heavy atom. The molecule has 0 aliphatic heterocycles. The summed E-state index contributed by atoms with van der Waals surface area (Å²) in [7, 11) is 0. The fraction of sp³-hybridized carbons (Fsp3) is 0.571. The van der Waals surface area contributed by atoms with Gasteiger partial charge >= 0.3 is 5.97 Å². The van der Waals surface area contributed by atoms with Gasteiger partial charge in [-0.25, -0.2) is 0 Å². The van der Waals surface area contributed by atoms with Crippen LogP contribution in [0.1, 0.15) is 19.3 Å².